The summed E-state index contributed by atoms with van der Waals surface area (Å²) in [5.74, 6) is -1.04. The van der Waals surface area contributed by atoms with Crippen molar-refractivity contribution in [3.63, 3.8) is 0 Å². The SMILES string of the molecule is Cc1cc2nc(-c3ccc4nn(Cc5ccccc5)c(C)c4c3)sc2c(-c2ccc(Cl)cc2)c1C(OC(C)(C)C)C(=O)O. The van der Waals surface area contributed by atoms with Crippen LogP contribution in [0.3, 0.4) is 0 Å². The molecule has 218 valence electrons. The van der Waals surface area contributed by atoms with E-state index in [9.17, 15) is 9.90 Å². The highest BCUT2D eigenvalue weighted by molar-refractivity contribution is 7.22. The van der Waals surface area contributed by atoms with E-state index in [-0.39, 0.29) is 0 Å². The lowest BCUT2D eigenvalue weighted by molar-refractivity contribution is -0.160. The van der Waals surface area contributed by atoms with E-state index in [1.807, 2.05) is 87.0 Å². The first-order valence-corrected chi connectivity index (χ1v) is 15.3. The standard InChI is InChI=1S/C35H32ClN3O3S/c1-20-17-28-32(30(23-11-14-25(36)15-12-23)29(20)31(34(40)41)42-35(3,4)5)43-33(37-28)24-13-16-27-26(18-24)21(2)39(38-27)19-22-9-7-6-8-10-22/h6-18,31H,19H2,1-5H3,(H,40,41). The van der Waals surface area contributed by atoms with Crippen molar-refractivity contribution >= 4 is 50.0 Å². The summed E-state index contributed by atoms with van der Waals surface area (Å²) in [6.45, 7) is 10.3. The maximum atomic E-state index is 12.6. The number of aromatic nitrogens is 3. The monoisotopic (exact) mass is 609 g/mol. The molecule has 1 atom stereocenters. The lowest BCUT2D eigenvalue weighted by Gasteiger charge is -2.28. The molecule has 6 rings (SSSR count). The number of fused-ring (bicyclic) bond motifs is 2. The van der Waals surface area contributed by atoms with Crippen molar-refractivity contribution in [3.05, 3.63) is 106 Å². The smallest absolute Gasteiger partial charge is 0.337 e. The van der Waals surface area contributed by atoms with Crippen LogP contribution in [0, 0.1) is 13.8 Å². The summed E-state index contributed by atoms with van der Waals surface area (Å²) in [5.41, 5.74) is 7.44. The molecule has 0 fully saturated rings. The fraction of sp³-hybridized carbons (Fsp3) is 0.229. The highest BCUT2D eigenvalue weighted by Gasteiger charge is 2.32. The van der Waals surface area contributed by atoms with Crippen molar-refractivity contribution < 1.29 is 14.6 Å². The van der Waals surface area contributed by atoms with E-state index in [4.69, 9.17) is 26.4 Å². The molecular weight excluding hydrogens is 578 g/mol. The Morgan fingerprint density at radius 2 is 1.67 bits per heavy atom. The highest BCUT2D eigenvalue weighted by Crippen LogP contribution is 2.44. The molecule has 0 spiro atoms. The van der Waals surface area contributed by atoms with Gasteiger partial charge in [-0.3, -0.25) is 4.68 Å². The number of carbonyl (C=O) groups is 1. The minimum absolute atomic E-state index is 0.608. The van der Waals surface area contributed by atoms with Gasteiger partial charge in [-0.15, -0.1) is 11.3 Å². The topological polar surface area (TPSA) is 77.2 Å². The zero-order valence-electron chi connectivity index (χ0n) is 24.7. The van der Waals surface area contributed by atoms with Gasteiger partial charge in [0.25, 0.3) is 0 Å². The third kappa shape index (κ3) is 5.80. The fourth-order valence-corrected chi connectivity index (χ4v) is 6.71. The number of nitrogens with zero attached hydrogens (tertiary/aromatic N) is 3. The van der Waals surface area contributed by atoms with E-state index in [0.29, 0.717) is 17.1 Å². The molecule has 0 radical (unpaired) electrons. The predicted molar refractivity (Wildman–Crippen MR) is 175 cm³/mol. The predicted octanol–water partition coefficient (Wildman–Crippen LogP) is 9.24. The van der Waals surface area contributed by atoms with Crippen LogP contribution in [0.5, 0.6) is 0 Å². The van der Waals surface area contributed by atoms with E-state index in [2.05, 4.69) is 31.2 Å². The third-order valence-corrected chi connectivity index (χ3v) is 8.83. The Morgan fingerprint density at radius 1 is 0.977 bits per heavy atom. The molecule has 0 amide bonds. The van der Waals surface area contributed by atoms with E-state index in [0.717, 1.165) is 54.1 Å². The van der Waals surface area contributed by atoms with Crippen LogP contribution in [0.4, 0.5) is 0 Å². The maximum absolute atomic E-state index is 12.6. The van der Waals surface area contributed by atoms with Crippen molar-refractivity contribution in [2.45, 2.75) is 52.9 Å². The maximum Gasteiger partial charge on any atom is 0.337 e. The second kappa shape index (κ2) is 11.2. The van der Waals surface area contributed by atoms with Crippen LogP contribution in [0.15, 0.2) is 78.9 Å². The summed E-state index contributed by atoms with van der Waals surface area (Å²) in [6, 6.07) is 26.0. The number of aliphatic carboxylic acids is 1. The molecule has 0 bridgehead atoms. The molecular formula is C35H32ClN3O3S. The molecule has 0 saturated carbocycles. The van der Waals surface area contributed by atoms with Gasteiger partial charge in [0.2, 0.25) is 0 Å². The van der Waals surface area contributed by atoms with E-state index in [1.165, 1.54) is 5.56 Å². The minimum atomic E-state index is -1.16. The number of benzene rings is 4. The summed E-state index contributed by atoms with van der Waals surface area (Å²) in [7, 11) is 0. The Hall–Kier alpha value is -4.04. The highest BCUT2D eigenvalue weighted by atomic mass is 35.5. The lowest BCUT2D eigenvalue weighted by Crippen LogP contribution is -2.28. The van der Waals surface area contributed by atoms with Gasteiger partial charge in [0.05, 0.1) is 27.9 Å². The van der Waals surface area contributed by atoms with Crippen LogP contribution >= 0.6 is 22.9 Å². The Morgan fingerprint density at radius 3 is 2.35 bits per heavy atom. The average Bonchev–Trinajstić information content (AvgIpc) is 3.52. The number of carboxylic acids is 1. The molecule has 6 aromatic rings. The summed E-state index contributed by atoms with van der Waals surface area (Å²) >= 11 is 7.79. The molecule has 8 heteroatoms. The number of thiazole rings is 1. The van der Waals surface area contributed by atoms with Gasteiger partial charge in [-0.25, -0.2) is 9.78 Å². The van der Waals surface area contributed by atoms with Crippen molar-refractivity contribution in [1.29, 1.82) is 0 Å². The molecule has 2 heterocycles. The summed E-state index contributed by atoms with van der Waals surface area (Å²) in [5, 5.41) is 17.7. The van der Waals surface area contributed by atoms with Gasteiger partial charge in [-0.05, 0) is 87.7 Å². The van der Waals surface area contributed by atoms with Crippen LogP contribution in [-0.4, -0.2) is 31.4 Å². The average molecular weight is 610 g/mol. The van der Waals surface area contributed by atoms with Gasteiger partial charge >= 0.3 is 5.97 Å². The fourth-order valence-electron chi connectivity index (χ4n) is 5.46. The van der Waals surface area contributed by atoms with Gasteiger partial charge in [-0.2, -0.15) is 5.10 Å². The summed E-state index contributed by atoms with van der Waals surface area (Å²) in [4.78, 5) is 17.7. The third-order valence-electron chi connectivity index (χ3n) is 7.44. The van der Waals surface area contributed by atoms with E-state index >= 15 is 0 Å². The molecule has 0 aliphatic heterocycles. The number of hydrogen-bond acceptors (Lipinski definition) is 5. The van der Waals surface area contributed by atoms with Crippen molar-refractivity contribution in [3.8, 4) is 21.7 Å². The van der Waals surface area contributed by atoms with Crippen LogP contribution in [0.25, 0.3) is 42.8 Å². The van der Waals surface area contributed by atoms with Gasteiger partial charge in [0, 0.05) is 32.8 Å². The molecule has 2 aromatic heterocycles. The van der Waals surface area contributed by atoms with Crippen molar-refractivity contribution in [1.82, 2.24) is 14.8 Å². The van der Waals surface area contributed by atoms with E-state index < -0.39 is 17.7 Å². The van der Waals surface area contributed by atoms with Crippen LogP contribution in [-0.2, 0) is 16.1 Å². The second-order valence-electron chi connectivity index (χ2n) is 11.8. The van der Waals surface area contributed by atoms with Gasteiger partial charge in [0.1, 0.15) is 5.01 Å². The summed E-state index contributed by atoms with van der Waals surface area (Å²) < 4.78 is 9.09. The van der Waals surface area contributed by atoms with Crippen LogP contribution in [0.1, 0.15) is 49.3 Å². The quantitative estimate of drug-likeness (QED) is 0.195. The Labute approximate surface area is 259 Å². The number of rotatable bonds is 7. The molecule has 0 saturated heterocycles. The molecule has 4 aromatic carbocycles. The van der Waals surface area contributed by atoms with Crippen molar-refractivity contribution in [2.24, 2.45) is 0 Å². The first-order chi connectivity index (χ1) is 20.5. The zero-order valence-corrected chi connectivity index (χ0v) is 26.3. The van der Waals surface area contributed by atoms with Crippen LogP contribution in [0.2, 0.25) is 5.02 Å². The molecule has 1 N–H and O–H groups in total. The largest absolute Gasteiger partial charge is 0.479 e. The molecule has 1 unspecified atom stereocenters. The second-order valence-corrected chi connectivity index (χ2v) is 13.2. The van der Waals surface area contributed by atoms with Gasteiger partial charge < -0.3 is 9.84 Å². The molecule has 0 aliphatic rings. The number of aryl methyl sites for hydroxylation is 2. The summed E-state index contributed by atoms with van der Waals surface area (Å²) in [6.07, 6.45) is -1.16. The first kappa shape index (κ1) is 29.1. The minimum Gasteiger partial charge on any atom is -0.479 e. The molecule has 0 aliphatic carbocycles. The van der Waals surface area contributed by atoms with Gasteiger partial charge in [0.15, 0.2) is 6.10 Å². The number of carboxylic acid groups (broad SMARTS) is 1. The normalized spacial score (nSPS) is 12.7. The zero-order chi connectivity index (χ0) is 30.5. The first-order valence-electron chi connectivity index (χ1n) is 14.1. The Balaban J connectivity index is 1.51. The number of ether oxygens (including phenoxy) is 1. The Bertz CT molecular complexity index is 1970. The molecule has 43 heavy (non-hydrogen) atoms. The van der Waals surface area contributed by atoms with Gasteiger partial charge in [-0.1, -0.05) is 54.1 Å². The number of halogens is 1. The number of hydrogen-bond donors (Lipinski definition) is 1. The van der Waals surface area contributed by atoms with Crippen LogP contribution < -0.4 is 0 Å². The van der Waals surface area contributed by atoms with E-state index in [1.54, 1.807) is 11.3 Å². The lowest BCUT2D eigenvalue weighted by atomic mass is 9.91. The van der Waals surface area contributed by atoms with Crippen molar-refractivity contribution in [2.75, 3.05) is 0 Å². The molecule has 6 nitrogen and oxygen atoms in total. The Kier molecular flexibility index (Phi) is 7.59.